The first-order valence-electron chi connectivity index (χ1n) is 6.42. The van der Waals surface area contributed by atoms with Crippen LogP contribution in [0.1, 0.15) is 24.8 Å². The van der Waals surface area contributed by atoms with Gasteiger partial charge in [-0.1, -0.05) is 0 Å². The van der Waals surface area contributed by atoms with E-state index in [9.17, 15) is 9.59 Å². The van der Waals surface area contributed by atoms with Gasteiger partial charge in [0.05, 0.1) is 11.6 Å². The van der Waals surface area contributed by atoms with Crippen molar-refractivity contribution in [1.29, 1.82) is 5.26 Å². The molecule has 0 aromatic heterocycles. The molecule has 6 heteroatoms. The number of urea groups is 1. The predicted octanol–water partition coefficient (Wildman–Crippen LogP) is 2.03. The van der Waals surface area contributed by atoms with Crippen LogP contribution in [0.2, 0.25) is 0 Å². The minimum Gasteiger partial charge on any atom is -0.480 e. The van der Waals surface area contributed by atoms with Gasteiger partial charge in [-0.3, -0.25) is 0 Å². The molecule has 0 bridgehead atoms. The van der Waals surface area contributed by atoms with E-state index in [1.54, 1.807) is 24.3 Å². The molecule has 6 nitrogen and oxygen atoms in total. The van der Waals surface area contributed by atoms with Crippen LogP contribution in [0.5, 0.6) is 0 Å². The van der Waals surface area contributed by atoms with E-state index in [1.165, 1.54) is 4.90 Å². The number of rotatable bonds is 2. The molecule has 2 amide bonds. The Morgan fingerprint density at radius 2 is 2.00 bits per heavy atom. The fourth-order valence-electron chi connectivity index (χ4n) is 2.25. The van der Waals surface area contributed by atoms with Gasteiger partial charge in [0.15, 0.2) is 0 Å². The predicted molar refractivity (Wildman–Crippen MR) is 72.2 cm³/mol. The number of hydrogen-bond acceptors (Lipinski definition) is 3. The summed E-state index contributed by atoms with van der Waals surface area (Å²) in [6.07, 6.45) is 2.11. The highest BCUT2D eigenvalue weighted by molar-refractivity contribution is 5.92. The minimum atomic E-state index is -0.973. The smallest absolute Gasteiger partial charge is 0.326 e. The maximum Gasteiger partial charge on any atom is 0.326 e. The Kier molecular flexibility index (Phi) is 4.20. The SMILES string of the molecule is N#Cc1ccc(NC(=O)N2CCCC[C@@H]2C(=O)O)cc1. The largest absolute Gasteiger partial charge is 0.480 e. The molecule has 1 aromatic rings. The second-order valence-corrected chi connectivity index (χ2v) is 4.66. The van der Waals surface area contributed by atoms with Gasteiger partial charge in [0.1, 0.15) is 6.04 Å². The number of carboxylic acids is 1. The lowest BCUT2D eigenvalue weighted by Crippen LogP contribution is -2.49. The fraction of sp³-hybridized carbons (Fsp3) is 0.357. The summed E-state index contributed by atoms with van der Waals surface area (Å²) >= 11 is 0. The second-order valence-electron chi connectivity index (χ2n) is 4.66. The summed E-state index contributed by atoms with van der Waals surface area (Å²) in [7, 11) is 0. The summed E-state index contributed by atoms with van der Waals surface area (Å²) in [4.78, 5) is 24.6. The number of carbonyl (C=O) groups is 2. The van der Waals surface area contributed by atoms with Crippen molar-refractivity contribution < 1.29 is 14.7 Å². The number of likely N-dealkylation sites (tertiary alicyclic amines) is 1. The summed E-state index contributed by atoms with van der Waals surface area (Å²) < 4.78 is 0. The number of nitriles is 1. The van der Waals surface area contributed by atoms with Crippen molar-refractivity contribution in [3.8, 4) is 6.07 Å². The number of aliphatic carboxylic acids is 1. The molecule has 1 heterocycles. The van der Waals surface area contributed by atoms with Crippen molar-refractivity contribution in [3.05, 3.63) is 29.8 Å². The standard InChI is InChI=1S/C14H15N3O3/c15-9-10-4-6-11(7-5-10)16-14(20)17-8-2-1-3-12(17)13(18)19/h4-7,12H,1-3,8H2,(H,16,20)(H,18,19)/t12-/m1/s1. The molecule has 1 atom stereocenters. The molecule has 0 aliphatic carbocycles. The quantitative estimate of drug-likeness (QED) is 0.862. The highest BCUT2D eigenvalue weighted by Gasteiger charge is 2.31. The second kappa shape index (κ2) is 6.06. The minimum absolute atomic E-state index is 0.415. The number of hydrogen-bond donors (Lipinski definition) is 2. The first kappa shape index (κ1) is 13.9. The molecular formula is C14H15N3O3. The van der Waals surface area contributed by atoms with Crippen molar-refractivity contribution in [3.63, 3.8) is 0 Å². The molecule has 2 N–H and O–H groups in total. The number of piperidine rings is 1. The highest BCUT2D eigenvalue weighted by atomic mass is 16.4. The summed E-state index contributed by atoms with van der Waals surface area (Å²) in [6, 6.07) is 7.25. The van der Waals surface area contributed by atoms with E-state index in [2.05, 4.69) is 5.32 Å². The molecule has 0 unspecified atom stereocenters. The Balaban J connectivity index is 2.06. The van der Waals surface area contributed by atoms with E-state index < -0.39 is 18.0 Å². The molecule has 104 valence electrons. The van der Waals surface area contributed by atoms with Gasteiger partial charge in [-0.15, -0.1) is 0 Å². The zero-order valence-electron chi connectivity index (χ0n) is 10.9. The molecule has 0 radical (unpaired) electrons. The number of anilines is 1. The van der Waals surface area contributed by atoms with Crippen LogP contribution in [-0.2, 0) is 4.79 Å². The van der Waals surface area contributed by atoms with Crippen LogP contribution in [0.3, 0.4) is 0 Å². The van der Waals surface area contributed by atoms with Crippen LogP contribution in [-0.4, -0.2) is 34.6 Å². The molecule has 2 rings (SSSR count). The average molecular weight is 273 g/mol. The molecular weight excluding hydrogens is 258 g/mol. The van der Waals surface area contributed by atoms with Gasteiger partial charge in [-0.2, -0.15) is 5.26 Å². The van der Waals surface area contributed by atoms with E-state index in [4.69, 9.17) is 10.4 Å². The van der Waals surface area contributed by atoms with Crippen molar-refractivity contribution in [2.24, 2.45) is 0 Å². The monoisotopic (exact) mass is 273 g/mol. The molecule has 20 heavy (non-hydrogen) atoms. The number of nitrogens with one attached hydrogen (secondary N) is 1. The van der Waals surface area contributed by atoms with E-state index in [-0.39, 0.29) is 0 Å². The number of carbonyl (C=O) groups excluding carboxylic acids is 1. The van der Waals surface area contributed by atoms with E-state index in [1.807, 2.05) is 6.07 Å². The van der Waals surface area contributed by atoms with E-state index in [0.717, 1.165) is 12.8 Å². The molecule has 1 aliphatic rings. The number of amides is 2. The van der Waals surface area contributed by atoms with Crippen LogP contribution in [0.15, 0.2) is 24.3 Å². The van der Waals surface area contributed by atoms with Gasteiger partial charge in [0.25, 0.3) is 0 Å². The van der Waals surface area contributed by atoms with Gasteiger partial charge in [0, 0.05) is 12.2 Å². The van der Waals surface area contributed by atoms with Gasteiger partial charge in [-0.25, -0.2) is 9.59 Å². The average Bonchev–Trinajstić information content (AvgIpc) is 2.48. The summed E-state index contributed by atoms with van der Waals surface area (Å²) in [5.74, 6) is -0.973. The van der Waals surface area contributed by atoms with Crippen molar-refractivity contribution >= 4 is 17.7 Å². The molecule has 1 saturated heterocycles. The third kappa shape index (κ3) is 3.06. The van der Waals surface area contributed by atoms with Crippen LogP contribution in [0.25, 0.3) is 0 Å². The number of benzene rings is 1. The lowest BCUT2D eigenvalue weighted by molar-refractivity contribution is -0.143. The molecule has 0 spiro atoms. The van der Waals surface area contributed by atoms with Crippen molar-refractivity contribution in [2.75, 3.05) is 11.9 Å². The molecule has 0 saturated carbocycles. The Hall–Kier alpha value is -2.55. The Morgan fingerprint density at radius 1 is 1.30 bits per heavy atom. The third-order valence-electron chi connectivity index (χ3n) is 3.31. The fourth-order valence-corrected chi connectivity index (χ4v) is 2.25. The first-order valence-corrected chi connectivity index (χ1v) is 6.42. The lowest BCUT2D eigenvalue weighted by atomic mass is 10.0. The zero-order valence-corrected chi connectivity index (χ0v) is 10.9. The highest BCUT2D eigenvalue weighted by Crippen LogP contribution is 2.19. The molecule has 1 fully saturated rings. The lowest BCUT2D eigenvalue weighted by Gasteiger charge is -2.32. The van der Waals surface area contributed by atoms with Crippen LogP contribution in [0, 0.1) is 11.3 Å². The van der Waals surface area contributed by atoms with Gasteiger partial charge in [0.2, 0.25) is 0 Å². The van der Waals surface area contributed by atoms with Gasteiger partial charge >= 0.3 is 12.0 Å². The van der Waals surface area contributed by atoms with Gasteiger partial charge in [-0.05, 0) is 43.5 Å². The van der Waals surface area contributed by atoms with Crippen LogP contribution >= 0.6 is 0 Å². The molecule has 1 aromatic carbocycles. The van der Waals surface area contributed by atoms with E-state index in [0.29, 0.717) is 24.2 Å². The first-order chi connectivity index (χ1) is 9.61. The molecule has 1 aliphatic heterocycles. The van der Waals surface area contributed by atoms with Gasteiger partial charge < -0.3 is 15.3 Å². The van der Waals surface area contributed by atoms with Crippen molar-refractivity contribution in [2.45, 2.75) is 25.3 Å². The van der Waals surface area contributed by atoms with Crippen molar-refractivity contribution in [1.82, 2.24) is 4.90 Å². The van der Waals surface area contributed by atoms with Crippen LogP contribution in [0.4, 0.5) is 10.5 Å². The summed E-state index contributed by atoms with van der Waals surface area (Å²) in [6.45, 7) is 0.444. The van der Waals surface area contributed by atoms with Crippen LogP contribution < -0.4 is 5.32 Å². The topological polar surface area (TPSA) is 93.4 Å². The number of nitrogens with zero attached hydrogens (tertiary/aromatic N) is 2. The Labute approximate surface area is 116 Å². The summed E-state index contributed by atoms with van der Waals surface area (Å²) in [5.41, 5.74) is 1.05. The Morgan fingerprint density at radius 3 is 2.60 bits per heavy atom. The zero-order chi connectivity index (χ0) is 14.5. The van der Waals surface area contributed by atoms with E-state index >= 15 is 0 Å². The third-order valence-corrected chi connectivity index (χ3v) is 3.31. The maximum atomic E-state index is 12.1. The Bertz CT molecular complexity index is 548. The number of carboxylic acid groups (broad SMARTS) is 1. The maximum absolute atomic E-state index is 12.1. The normalized spacial score (nSPS) is 18.1. The summed E-state index contributed by atoms with van der Waals surface area (Å²) in [5, 5.41) is 20.5.